The molecule has 5 nitrogen and oxygen atoms in total. The molecule has 1 heterocycles. The Hall–Kier alpha value is -2.14. The largest absolute Gasteiger partial charge is 0.361 e. The van der Waals surface area contributed by atoms with E-state index in [0.717, 1.165) is 11.1 Å². The fraction of sp³-hybridized carbons (Fsp3) is 0.231. The van der Waals surface area contributed by atoms with Gasteiger partial charge in [0.25, 0.3) is 5.56 Å². The molecular weight excluding hydrogens is 228 g/mol. The Morgan fingerprint density at radius 3 is 2.94 bits per heavy atom. The molecule has 0 aliphatic carbocycles. The molecular formula is C13H16N4O. The summed E-state index contributed by atoms with van der Waals surface area (Å²) >= 11 is 0. The van der Waals surface area contributed by atoms with E-state index in [1.807, 2.05) is 24.3 Å². The van der Waals surface area contributed by atoms with Crippen LogP contribution < -0.4 is 16.6 Å². The third-order valence-electron chi connectivity index (χ3n) is 2.70. The molecule has 1 aromatic carbocycles. The summed E-state index contributed by atoms with van der Waals surface area (Å²) in [6.07, 6.45) is 3.22. The lowest BCUT2D eigenvalue weighted by Gasteiger charge is -2.07. The number of nitrogens with zero attached hydrogens (tertiary/aromatic N) is 2. The van der Waals surface area contributed by atoms with E-state index in [1.165, 1.54) is 4.57 Å². The molecule has 0 unspecified atom stereocenters. The van der Waals surface area contributed by atoms with Crippen LogP contribution in [-0.2, 0) is 20.1 Å². The van der Waals surface area contributed by atoms with Gasteiger partial charge in [-0.1, -0.05) is 24.3 Å². The summed E-state index contributed by atoms with van der Waals surface area (Å²) in [6.45, 7) is 1.07. The van der Waals surface area contributed by atoms with Crippen molar-refractivity contribution in [2.75, 3.05) is 5.32 Å². The number of nitrogens with two attached hydrogens (primary N) is 1. The zero-order valence-corrected chi connectivity index (χ0v) is 10.3. The molecule has 0 saturated carbocycles. The second-order valence-electron chi connectivity index (χ2n) is 4.07. The van der Waals surface area contributed by atoms with Gasteiger partial charge in [0.1, 0.15) is 0 Å². The Balaban J connectivity index is 2.11. The Bertz CT molecular complexity index is 592. The average Bonchev–Trinajstić information content (AvgIpc) is 2.41. The number of anilines is 1. The predicted molar refractivity (Wildman–Crippen MR) is 71.1 cm³/mol. The van der Waals surface area contributed by atoms with Crippen molar-refractivity contribution in [1.82, 2.24) is 9.55 Å². The molecule has 0 aliphatic heterocycles. The van der Waals surface area contributed by atoms with E-state index in [-0.39, 0.29) is 5.56 Å². The van der Waals surface area contributed by atoms with Gasteiger partial charge in [-0.15, -0.1) is 0 Å². The first kappa shape index (κ1) is 12.3. The molecule has 0 saturated heterocycles. The highest BCUT2D eigenvalue weighted by Crippen LogP contribution is 2.06. The van der Waals surface area contributed by atoms with E-state index >= 15 is 0 Å². The van der Waals surface area contributed by atoms with Gasteiger partial charge in [-0.05, 0) is 11.1 Å². The zero-order valence-electron chi connectivity index (χ0n) is 10.3. The van der Waals surface area contributed by atoms with Crippen molar-refractivity contribution in [3.63, 3.8) is 0 Å². The lowest BCUT2D eigenvalue weighted by Crippen LogP contribution is -2.21. The van der Waals surface area contributed by atoms with Gasteiger partial charge in [0.2, 0.25) is 0 Å². The van der Waals surface area contributed by atoms with E-state index in [4.69, 9.17) is 5.73 Å². The zero-order chi connectivity index (χ0) is 13.0. The van der Waals surface area contributed by atoms with Crippen LogP contribution in [-0.4, -0.2) is 9.55 Å². The van der Waals surface area contributed by atoms with Crippen LogP contribution in [0.5, 0.6) is 0 Å². The predicted octanol–water partition coefficient (Wildman–Crippen LogP) is 0.851. The minimum absolute atomic E-state index is 0.132. The normalized spacial score (nSPS) is 10.3. The summed E-state index contributed by atoms with van der Waals surface area (Å²) in [7, 11) is 1.70. The smallest absolute Gasteiger partial charge is 0.293 e. The summed E-state index contributed by atoms with van der Waals surface area (Å²) in [5, 5.41) is 3.04. The van der Waals surface area contributed by atoms with Gasteiger partial charge in [-0.25, -0.2) is 4.98 Å². The highest BCUT2D eigenvalue weighted by atomic mass is 16.1. The van der Waals surface area contributed by atoms with Crippen molar-refractivity contribution < 1.29 is 0 Å². The van der Waals surface area contributed by atoms with Crippen LogP contribution in [0.25, 0.3) is 0 Å². The van der Waals surface area contributed by atoms with E-state index < -0.39 is 0 Å². The van der Waals surface area contributed by atoms with Crippen molar-refractivity contribution in [3.8, 4) is 0 Å². The summed E-state index contributed by atoms with van der Waals surface area (Å²) in [4.78, 5) is 15.8. The monoisotopic (exact) mass is 244 g/mol. The Morgan fingerprint density at radius 1 is 1.39 bits per heavy atom. The molecule has 0 atom stereocenters. The van der Waals surface area contributed by atoms with Gasteiger partial charge in [0.05, 0.1) is 0 Å². The maximum Gasteiger partial charge on any atom is 0.293 e. The lowest BCUT2D eigenvalue weighted by atomic mass is 10.1. The molecule has 2 aromatic rings. The van der Waals surface area contributed by atoms with Crippen LogP contribution in [0, 0.1) is 0 Å². The van der Waals surface area contributed by atoms with Gasteiger partial charge in [-0.3, -0.25) is 4.79 Å². The Morgan fingerprint density at radius 2 is 2.17 bits per heavy atom. The SMILES string of the molecule is Cn1ccnc(NCc2cccc(CN)c2)c1=O. The molecule has 0 amide bonds. The number of hydrogen-bond donors (Lipinski definition) is 2. The van der Waals surface area contributed by atoms with Crippen molar-refractivity contribution in [2.24, 2.45) is 12.8 Å². The van der Waals surface area contributed by atoms with Crippen LogP contribution in [0.2, 0.25) is 0 Å². The molecule has 3 N–H and O–H groups in total. The molecule has 18 heavy (non-hydrogen) atoms. The van der Waals surface area contributed by atoms with Crippen LogP contribution in [0.15, 0.2) is 41.5 Å². The molecule has 1 aromatic heterocycles. The van der Waals surface area contributed by atoms with Crippen LogP contribution >= 0.6 is 0 Å². The molecule has 5 heteroatoms. The first-order valence-electron chi connectivity index (χ1n) is 5.74. The molecule has 0 spiro atoms. The van der Waals surface area contributed by atoms with E-state index in [0.29, 0.717) is 18.9 Å². The van der Waals surface area contributed by atoms with E-state index in [1.54, 1.807) is 19.4 Å². The summed E-state index contributed by atoms with van der Waals surface area (Å²) in [6, 6.07) is 7.93. The summed E-state index contributed by atoms with van der Waals surface area (Å²) in [5.41, 5.74) is 7.60. The molecule has 2 rings (SSSR count). The van der Waals surface area contributed by atoms with Crippen molar-refractivity contribution in [2.45, 2.75) is 13.1 Å². The number of benzene rings is 1. The quantitative estimate of drug-likeness (QED) is 0.836. The number of aryl methyl sites for hydroxylation is 1. The average molecular weight is 244 g/mol. The van der Waals surface area contributed by atoms with Gasteiger partial charge in [0, 0.05) is 32.5 Å². The fourth-order valence-electron chi connectivity index (χ4n) is 1.67. The molecule has 0 radical (unpaired) electrons. The van der Waals surface area contributed by atoms with Gasteiger partial charge < -0.3 is 15.6 Å². The molecule has 94 valence electrons. The Labute approximate surface area is 105 Å². The first-order chi connectivity index (χ1) is 8.70. The van der Waals surface area contributed by atoms with Gasteiger partial charge >= 0.3 is 0 Å². The lowest BCUT2D eigenvalue weighted by molar-refractivity contribution is 0.839. The fourth-order valence-corrected chi connectivity index (χ4v) is 1.67. The number of hydrogen-bond acceptors (Lipinski definition) is 4. The number of aromatic nitrogens is 2. The molecule has 0 fully saturated rings. The van der Waals surface area contributed by atoms with E-state index in [2.05, 4.69) is 10.3 Å². The van der Waals surface area contributed by atoms with Crippen LogP contribution in [0.4, 0.5) is 5.82 Å². The third-order valence-corrected chi connectivity index (χ3v) is 2.70. The highest BCUT2D eigenvalue weighted by Gasteiger charge is 2.02. The standard InChI is InChI=1S/C13H16N4O/c1-17-6-5-15-12(13(17)18)16-9-11-4-2-3-10(7-11)8-14/h2-7H,8-9,14H2,1H3,(H,15,16). The van der Waals surface area contributed by atoms with Crippen LogP contribution in [0.1, 0.15) is 11.1 Å². The van der Waals surface area contributed by atoms with Crippen molar-refractivity contribution in [3.05, 3.63) is 58.1 Å². The number of rotatable bonds is 4. The van der Waals surface area contributed by atoms with Crippen molar-refractivity contribution >= 4 is 5.82 Å². The van der Waals surface area contributed by atoms with Gasteiger partial charge in [0.15, 0.2) is 5.82 Å². The Kier molecular flexibility index (Phi) is 3.74. The minimum atomic E-state index is -0.132. The maximum absolute atomic E-state index is 11.7. The van der Waals surface area contributed by atoms with Crippen molar-refractivity contribution in [1.29, 1.82) is 0 Å². The first-order valence-corrected chi connectivity index (χ1v) is 5.74. The second kappa shape index (κ2) is 5.46. The topological polar surface area (TPSA) is 72.9 Å². The van der Waals surface area contributed by atoms with E-state index in [9.17, 15) is 4.79 Å². The summed E-state index contributed by atoms with van der Waals surface area (Å²) in [5.74, 6) is 0.359. The second-order valence-corrected chi connectivity index (χ2v) is 4.07. The number of nitrogens with one attached hydrogen (secondary N) is 1. The summed E-state index contributed by atoms with van der Waals surface area (Å²) < 4.78 is 1.49. The van der Waals surface area contributed by atoms with Crippen LogP contribution in [0.3, 0.4) is 0 Å². The highest BCUT2D eigenvalue weighted by molar-refractivity contribution is 5.33. The third kappa shape index (κ3) is 2.75. The maximum atomic E-state index is 11.7. The molecule has 0 aliphatic rings. The van der Waals surface area contributed by atoms with Gasteiger partial charge in [-0.2, -0.15) is 0 Å². The molecule has 0 bridgehead atoms. The minimum Gasteiger partial charge on any atom is -0.361 e.